The second-order valence-corrected chi connectivity index (χ2v) is 29.5. The number of amides is 8. The maximum Gasteiger partial charge on any atom is 0.246 e. The fourth-order valence-corrected chi connectivity index (χ4v) is 12.7. The number of likely N-dealkylation sites (N-methyl/N-ethyl adjacent to an activating group) is 7. The normalized spacial score (nSPS) is 26.6. The first-order valence-electron chi connectivity index (χ1n) is 34.1. The number of hydrogen-bond donors (Lipinski definition) is 2. The van der Waals surface area contributed by atoms with Crippen molar-refractivity contribution in [2.24, 2.45) is 59.2 Å². The molecule has 0 saturated carbocycles. The van der Waals surface area contributed by atoms with Crippen LogP contribution in [0.25, 0.3) is 0 Å². The monoisotopic (exact) mass is 1310 g/mol. The van der Waals surface area contributed by atoms with Crippen molar-refractivity contribution >= 4 is 64.6 Å². The minimum absolute atomic E-state index is 0.0734. The Hall–Kier alpha value is -6.16. The number of rotatable bonds is 18. The van der Waals surface area contributed by atoms with Gasteiger partial charge >= 0.3 is 0 Å². The van der Waals surface area contributed by atoms with Crippen LogP contribution in [-0.2, 0) is 59.3 Å². The Bertz CT molecular complexity index is 2670. The maximum atomic E-state index is 15.5. The van der Waals surface area contributed by atoms with Gasteiger partial charge in [0.2, 0.25) is 47.3 Å². The summed E-state index contributed by atoms with van der Waals surface area (Å²) in [5, 5.41) is 15.3. The lowest BCUT2D eigenvalue weighted by Crippen LogP contribution is -2.62. The van der Waals surface area contributed by atoms with Gasteiger partial charge in [-0.15, -0.1) is 0 Å². The second-order valence-electron chi connectivity index (χ2n) is 29.5. The highest BCUT2D eigenvalue weighted by Gasteiger charge is 2.46. The van der Waals surface area contributed by atoms with Gasteiger partial charge < -0.3 is 49.6 Å². The predicted octanol–water partition coefficient (Wildman–Crippen LogP) is 6.88. The number of aliphatic hydroxyl groups is 1. The molecule has 8 amide bonds. The van der Waals surface area contributed by atoms with E-state index in [0.717, 1.165) is 5.56 Å². The molecule has 13 atom stereocenters. The van der Waals surface area contributed by atoms with Crippen molar-refractivity contribution in [1.29, 1.82) is 0 Å². The van der Waals surface area contributed by atoms with Crippen LogP contribution in [0.4, 0.5) is 0 Å². The van der Waals surface area contributed by atoms with Crippen LogP contribution in [0.15, 0.2) is 24.5 Å². The van der Waals surface area contributed by atoms with Crippen molar-refractivity contribution in [3.05, 3.63) is 30.1 Å². The maximum absolute atomic E-state index is 15.5. The van der Waals surface area contributed by atoms with Gasteiger partial charge in [-0.05, 0) is 119 Å². The van der Waals surface area contributed by atoms with Gasteiger partial charge in [-0.25, -0.2) is 0 Å². The highest BCUT2D eigenvalue weighted by atomic mass is 16.3. The number of nitrogens with one attached hydrogen (secondary N) is 1. The number of Topliss-reactive ketones (excluding diaryl/α,β-unsaturated/α-hetero) is 3. The SMILES string of the molecule is CC[C@H]1CC(=O)[C@@H]([C@H](O)[C@H](C)CCN(C)Cc2cccnc2)N(C)C(=O)[C@@H](C(C)C)N(C)C(=O)[C@@H](CC(C)C)N(C)C(=O)[C@@H](CC(C)C)N(C)C(=O)[C@H](C)NC(=O)[C@@H](C)CC(=O)[C@@H](CC(C)C)N(C)C(=O)[C@@H](C(C)C)CC(=O)[C@H](CC(C)C)N(C)C(=O)[C@@H](C)N(C)C1=O. The van der Waals surface area contributed by atoms with Crippen LogP contribution >= 0.6 is 0 Å². The van der Waals surface area contributed by atoms with Crippen molar-refractivity contribution in [1.82, 2.24) is 49.5 Å². The average molecular weight is 1310 g/mol. The molecule has 2 N–H and O–H groups in total. The molecule has 1 aliphatic rings. The lowest BCUT2D eigenvalue weighted by atomic mass is 9.84. The molecule has 1 aliphatic heterocycles. The lowest BCUT2D eigenvalue weighted by molar-refractivity contribution is -0.157. The van der Waals surface area contributed by atoms with Crippen LogP contribution in [0.5, 0.6) is 0 Å². The Morgan fingerprint density at radius 3 is 1.44 bits per heavy atom. The summed E-state index contributed by atoms with van der Waals surface area (Å²) in [6, 6.07) is -5.59. The Kier molecular flexibility index (Phi) is 33.7. The standard InChI is InChI=1S/C71H122N10O12/c1-26-52-37-60(84)62(63(85)47(14)29-31-74(18)40-51-28-27-30-72-39-51)81(25)71(93)61(46(12)13)80(24)70(92)57(35-44(8)9)79(23)69(91)56(34-43(6)7)78(22)65(87)49(16)73-64(86)48(15)36-58(82)54(32-41(2)3)77(21)68(90)53(45(10)11)38-59(83)55(33-42(4)5)76(20)66(88)50(17)75(19)67(52)89/h27-28,30,39,41-50,52-57,61-63,85H,26,29,31-38,40H2,1-25H3,(H,73,86)/t47-,48+,49+,50-,52+,53-,54-,55+,56-,57-,61-,62+,63-/m1/s1. The van der Waals surface area contributed by atoms with E-state index in [1.807, 2.05) is 88.4 Å². The Morgan fingerprint density at radius 2 is 0.978 bits per heavy atom. The molecule has 1 fully saturated rings. The van der Waals surface area contributed by atoms with E-state index in [2.05, 4.69) is 15.2 Å². The minimum Gasteiger partial charge on any atom is -0.390 e. The first kappa shape index (κ1) is 82.9. The first-order valence-corrected chi connectivity index (χ1v) is 34.1. The van der Waals surface area contributed by atoms with E-state index in [9.17, 15) is 38.7 Å². The van der Waals surface area contributed by atoms with Crippen molar-refractivity contribution in [2.45, 2.75) is 236 Å². The van der Waals surface area contributed by atoms with Gasteiger partial charge in [0.15, 0.2) is 17.3 Å². The van der Waals surface area contributed by atoms with Gasteiger partial charge in [0.1, 0.15) is 36.3 Å². The molecular formula is C71H122N10O12. The van der Waals surface area contributed by atoms with Crippen molar-refractivity contribution in [3.63, 3.8) is 0 Å². The van der Waals surface area contributed by atoms with E-state index >= 15 is 19.2 Å². The third-order valence-corrected chi connectivity index (χ3v) is 18.9. The number of ketones is 3. The smallest absolute Gasteiger partial charge is 0.246 e. The van der Waals surface area contributed by atoms with E-state index in [1.54, 1.807) is 53.9 Å². The molecule has 2 rings (SSSR count). The summed E-state index contributed by atoms with van der Waals surface area (Å²) in [6.07, 6.45) is 2.30. The first-order chi connectivity index (χ1) is 43.0. The van der Waals surface area contributed by atoms with E-state index in [-0.39, 0.29) is 74.4 Å². The lowest BCUT2D eigenvalue weighted by Gasteiger charge is -2.42. The molecule has 1 saturated heterocycles. The van der Waals surface area contributed by atoms with Crippen LogP contribution in [0.1, 0.15) is 181 Å². The molecule has 0 bridgehead atoms. The number of nitrogens with zero attached hydrogens (tertiary/aromatic N) is 9. The highest BCUT2D eigenvalue weighted by Crippen LogP contribution is 2.30. The summed E-state index contributed by atoms with van der Waals surface area (Å²) in [6.45, 7) is 31.5. The number of carbonyl (C=O) groups is 11. The van der Waals surface area contributed by atoms with Crippen LogP contribution in [0.2, 0.25) is 0 Å². The number of hydrogen-bond acceptors (Lipinski definition) is 14. The molecule has 93 heavy (non-hydrogen) atoms. The van der Waals surface area contributed by atoms with Gasteiger partial charge in [-0.2, -0.15) is 0 Å². The summed E-state index contributed by atoms with van der Waals surface area (Å²) in [5.74, 6) is -11.0. The fourth-order valence-electron chi connectivity index (χ4n) is 12.7. The molecular weight excluding hydrogens is 1180 g/mol. The number of aliphatic hydroxyl groups excluding tert-OH is 1. The van der Waals surface area contributed by atoms with E-state index < -0.39 is 155 Å². The zero-order valence-corrected chi connectivity index (χ0v) is 61.5. The summed E-state index contributed by atoms with van der Waals surface area (Å²) in [5.41, 5.74) is 0.972. The molecule has 2 heterocycles. The van der Waals surface area contributed by atoms with Gasteiger partial charge in [-0.1, -0.05) is 110 Å². The van der Waals surface area contributed by atoms with E-state index in [0.29, 0.717) is 19.5 Å². The third-order valence-electron chi connectivity index (χ3n) is 18.9. The number of carbonyl (C=O) groups excluding carboxylic acids is 11. The van der Waals surface area contributed by atoms with Gasteiger partial charge in [0, 0.05) is 105 Å². The quantitative estimate of drug-likeness (QED) is 0.152. The molecule has 22 heteroatoms. The molecule has 1 aromatic heterocycles. The van der Waals surface area contributed by atoms with Crippen LogP contribution in [0.3, 0.4) is 0 Å². The van der Waals surface area contributed by atoms with Gasteiger partial charge in [0.05, 0.1) is 18.2 Å². The average Bonchev–Trinajstić information content (AvgIpc) is 0.841. The van der Waals surface area contributed by atoms with E-state index in [1.165, 1.54) is 90.6 Å². The molecule has 0 radical (unpaired) electrons. The van der Waals surface area contributed by atoms with Crippen LogP contribution < -0.4 is 5.32 Å². The fraction of sp³-hybridized carbons (Fsp3) is 0.775. The summed E-state index contributed by atoms with van der Waals surface area (Å²) < 4.78 is 0. The minimum atomic E-state index is -1.53. The molecule has 0 aliphatic carbocycles. The van der Waals surface area contributed by atoms with Crippen LogP contribution in [-0.4, -0.2) is 231 Å². The van der Waals surface area contributed by atoms with Crippen molar-refractivity contribution < 1.29 is 57.8 Å². The number of pyridine rings is 1. The topological polar surface area (TPSA) is 259 Å². The number of aromatic nitrogens is 1. The zero-order valence-electron chi connectivity index (χ0n) is 61.5. The predicted molar refractivity (Wildman–Crippen MR) is 362 cm³/mol. The summed E-state index contributed by atoms with van der Waals surface area (Å²) in [7, 11) is 12.2. The van der Waals surface area contributed by atoms with Crippen LogP contribution in [0, 0.1) is 59.2 Å². The molecule has 22 nitrogen and oxygen atoms in total. The molecule has 0 spiro atoms. The Morgan fingerprint density at radius 1 is 0.527 bits per heavy atom. The summed E-state index contributed by atoms with van der Waals surface area (Å²) >= 11 is 0. The molecule has 0 unspecified atom stereocenters. The highest BCUT2D eigenvalue weighted by molar-refractivity contribution is 6.00. The Balaban J connectivity index is 3.01. The van der Waals surface area contributed by atoms with Gasteiger partial charge in [-0.3, -0.25) is 57.7 Å². The molecule has 0 aromatic carbocycles. The Labute approximate surface area is 558 Å². The van der Waals surface area contributed by atoms with Crippen molar-refractivity contribution in [2.75, 3.05) is 62.9 Å². The zero-order chi connectivity index (χ0) is 71.5. The molecule has 1 aromatic rings. The van der Waals surface area contributed by atoms with E-state index in [4.69, 9.17) is 0 Å². The second kappa shape index (κ2) is 37.8. The van der Waals surface area contributed by atoms with Gasteiger partial charge in [0.25, 0.3) is 0 Å². The van der Waals surface area contributed by atoms with Crippen molar-refractivity contribution in [3.8, 4) is 0 Å². The largest absolute Gasteiger partial charge is 0.390 e. The third kappa shape index (κ3) is 23.3. The summed E-state index contributed by atoms with van der Waals surface area (Å²) in [4.78, 5) is 179. The molecule has 528 valence electrons.